The third-order valence-corrected chi connectivity index (χ3v) is 3.75. The van der Waals surface area contributed by atoms with Crippen molar-refractivity contribution in [2.75, 3.05) is 7.11 Å². The minimum absolute atomic E-state index is 0.403. The topological polar surface area (TPSA) is 51.6 Å². The molecule has 5 heteroatoms. The fourth-order valence-corrected chi connectivity index (χ4v) is 2.56. The van der Waals surface area contributed by atoms with Crippen LogP contribution in [-0.2, 0) is 5.60 Å². The highest BCUT2D eigenvalue weighted by molar-refractivity contribution is 9.10. The normalized spacial score (nSPS) is 20.2. The lowest BCUT2D eigenvalue weighted by atomic mass is 9.86. The van der Waals surface area contributed by atoms with Gasteiger partial charge in [-0.05, 0) is 31.2 Å². The monoisotopic (exact) mass is 321 g/mol. The van der Waals surface area contributed by atoms with E-state index in [1.165, 1.54) is 0 Å². The molecule has 2 aromatic rings. The van der Waals surface area contributed by atoms with E-state index >= 15 is 0 Å². The lowest BCUT2D eigenvalue weighted by molar-refractivity contribution is 0.0884. The summed E-state index contributed by atoms with van der Waals surface area (Å²) in [7, 11) is 1.56. The Morgan fingerprint density at radius 3 is 2.84 bits per heavy atom. The lowest BCUT2D eigenvalue weighted by Crippen LogP contribution is -2.28. The standard InChI is InChI=1S/C14H12BrNO3/c1-14(17)10-5-8(15)3-4-12(10)19-13-11(14)6-9(18-2)7-16-13/h3-7,17H,1-2H3/t14-/m0/s1. The second kappa shape index (κ2) is 4.21. The highest BCUT2D eigenvalue weighted by Crippen LogP contribution is 2.47. The van der Waals surface area contributed by atoms with Crippen molar-refractivity contribution in [2.24, 2.45) is 0 Å². The molecular weight excluding hydrogens is 310 g/mol. The summed E-state index contributed by atoms with van der Waals surface area (Å²) in [6.45, 7) is 1.72. The molecule has 0 radical (unpaired) electrons. The third-order valence-electron chi connectivity index (χ3n) is 3.26. The van der Waals surface area contributed by atoms with Gasteiger partial charge in [0.15, 0.2) is 0 Å². The van der Waals surface area contributed by atoms with Gasteiger partial charge in [-0.15, -0.1) is 0 Å². The van der Waals surface area contributed by atoms with E-state index in [0.29, 0.717) is 28.5 Å². The average Bonchev–Trinajstić information content (AvgIpc) is 2.40. The maximum absolute atomic E-state index is 10.8. The molecular formula is C14H12BrNO3. The molecule has 4 nitrogen and oxygen atoms in total. The average molecular weight is 322 g/mol. The number of nitrogens with zero attached hydrogens (tertiary/aromatic N) is 1. The number of rotatable bonds is 1. The molecule has 0 aliphatic carbocycles. The van der Waals surface area contributed by atoms with Gasteiger partial charge in [0.25, 0.3) is 0 Å². The molecule has 0 bridgehead atoms. The van der Waals surface area contributed by atoms with Gasteiger partial charge in [0, 0.05) is 10.0 Å². The third kappa shape index (κ3) is 1.89. The summed E-state index contributed by atoms with van der Waals surface area (Å²) in [6.07, 6.45) is 1.57. The van der Waals surface area contributed by atoms with Crippen molar-refractivity contribution in [2.45, 2.75) is 12.5 Å². The van der Waals surface area contributed by atoms with Gasteiger partial charge in [-0.2, -0.15) is 0 Å². The fourth-order valence-electron chi connectivity index (χ4n) is 2.20. The maximum atomic E-state index is 10.8. The van der Waals surface area contributed by atoms with Crippen LogP contribution in [0.5, 0.6) is 17.4 Å². The van der Waals surface area contributed by atoms with Gasteiger partial charge in [0.1, 0.15) is 17.1 Å². The Labute approximate surface area is 119 Å². The van der Waals surface area contributed by atoms with Gasteiger partial charge in [0.2, 0.25) is 5.88 Å². The SMILES string of the molecule is COc1cnc2c(c1)[C@@](C)(O)c1cc(Br)ccc1O2. The summed E-state index contributed by atoms with van der Waals surface area (Å²) in [5, 5.41) is 10.8. The Balaban J connectivity index is 2.22. The van der Waals surface area contributed by atoms with Crippen LogP contribution in [0.1, 0.15) is 18.1 Å². The summed E-state index contributed by atoms with van der Waals surface area (Å²) in [4.78, 5) is 4.19. The minimum Gasteiger partial charge on any atom is -0.495 e. The summed E-state index contributed by atoms with van der Waals surface area (Å²) >= 11 is 3.40. The van der Waals surface area contributed by atoms with Gasteiger partial charge in [-0.25, -0.2) is 4.98 Å². The second-order valence-corrected chi connectivity index (χ2v) is 5.46. The van der Waals surface area contributed by atoms with Gasteiger partial charge in [-0.3, -0.25) is 0 Å². The van der Waals surface area contributed by atoms with E-state index in [0.717, 1.165) is 4.47 Å². The van der Waals surface area contributed by atoms with E-state index in [4.69, 9.17) is 9.47 Å². The van der Waals surface area contributed by atoms with Crippen molar-refractivity contribution in [1.82, 2.24) is 4.98 Å². The number of pyridine rings is 1. The number of aromatic nitrogens is 1. The Bertz CT molecular complexity index is 655. The number of methoxy groups -OCH3 is 1. The van der Waals surface area contributed by atoms with Crippen LogP contribution < -0.4 is 9.47 Å². The molecule has 0 saturated carbocycles. The molecule has 0 amide bonds. The zero-order chi connectivity index (χ0) is 13.6. The molecule has 1 aromatic heterocycles. The zero-order valence-corrected chi connectivity index (χ0v) is 12.1. The van der Waals surface area contributed by atoms with E-state index in [1.807, 2.05) is 18.2 Å². The Hall–Kier alpha value is -1.59. The van der Waals surface area contributed by atoms with E-state index in [1.54, 1.807) is 26.3 Å². The number of fused-ring (bicyclic) bond motifs is 2. The van der Waals surface area contributed by atoms with Crippen LogP contribution in [0, 0.1) is 0 Å². The first-order valence-electron chi connectivity index (χ1n) is 5.77. The number of hydrogen-bond donors (Lipinski definition) is 1. The van der Waals surface area contributed by atoms with Crippen molar-refractivity contribution < 1.29 is 14.6 Å². The van der Waals surface area contributed by atoms with Crippen molar-refractivity contribution in [3.8, 4) is 17.4 Å². The van der Waals surface area contributed by atoms with Crippen LogP contribution in [0.2, 0.25) is 0 Å². The van der Waals surface area contributed by atoms with Gasteiger partial charge >= 0.3 is 0 Å². The van der Waals surface area contributed by atoms with E-state index in [-0.39, 0.29) is 0 Å². The molecule has 1 N–H and O–H groups in total. The zero-order valence-electron chi connectivity index (χ0n) is 10.5. The minimum atomic E-state index is -1.17. The van der Waals surface area contributed by atoms with Crippen LogP contribution in [0.25, 0.3) is 0 Å². The molecule has 0 spiro atoms. The number of ether oxygens (including phenoxy) is 2. The highest BCUT2D eigenvalue weighted by atomic mass is 79.9. The van der Waals surface area contributed by atoms with Gasteiger partial charge in [-0.1, -0.05) is 15.9 Å². The molecule has 1 atom stereocenters. The molecule has 2 heterocycles. The predicted octanol–water partition coefficient (Wildman–Crippen LogP) is 3.21. The molecule has 0 fully saturated rings. The number of halogens is 1. The molecule has 1 aliphatic heterocycles. The van der Waals surface area contributed by atoms with Crippen molar-refractivity contribution in [3.63, 3.8) is 0 Å². The van der Waals surface area contributed by atoms with Crippen molar-refractivity contribution in [3.05, 3.63) is 46.1 Å². The molecule has 19 heavy (non-hydrogen) atoms. The number of hydrogen-bond acceptors (Lipinski definition) is 4. The largest absolute Gasteiger partial charge is 0.495 e. The summed E-state index contributed by atoms with van der Waals surface area (Å²) in [6, 6.07) is 7.26. The highest BCUT2D eigenvalue weighted by Gasteiger charge is 2.37. The van der Waals surface area contributed by atoms with Crippen LogP contribution in [0.3, 0.4) is 0 Å². The van der Waals surface area contributed by atoms with Crippen LogP contribution in [0.4, 0.5) is 0 Å². The molecule has 1 aromatic carbocycles. The Kier molecular flexibility index (Phi) is 2.76. The molecule has 0 unspecified atom stereocenters. The number of benzene rings is 1. The van der Waals surface area contributed by atoms with Gasteiger partial charge < -0.3 is 14.6 Å². The van der Waals surface area contributed by atoms with E-state index in [2.05, 4.69) is 20.9 Å². The van der Waals surface area contributed by atoms with E-state index < -0.39 is 5.60 Å². The first-order chi connectivity index (χ1) is 9.02. The first-order valence-corrected chi connectivity index (χ1v) is 6.56. The maximum Gasteiger partial charge on any atom is 0.225 e. The molecule has 3 rings (SSSR count). The van der Waals surface area contributed by atoms with Gasteiger partial charge in [0.05, 0.1) is 18.9 Å². The lowest BCUT2D eigenvalue weighted by Gasteiger charge is -2.32. The van der Waals surface area contributed by atoms with Crippen molar-refractivity contribution >= 4 is 15.9 Å². The first kappa shape index (κ1) is 12.4. The molecule has 98 valence electrons. The van der Waals surface area contributed by atoms with Crippen molar-refractivity contribution in [1.29, 1.82) is 0 Å². The quantitative estimate of drug-likeness (QED) is 0.876. The smallest absolute Gasteiger partial charge is 0.225 e. The summed E-state index contributed by atoms with van der Waals surface area (Å²) in [5.41, 5.74) is 0.121. The van der Waals surface area contributed by atoms with E-state index in [9.17, 15) is 5.11 Å². The Morgan fingerprint density at radius 1 is 1.32 bits per heavy atom. The fraction of sp³-hybridized carbons (Fsp3) is 0.214. The molecule has 0 saturated heterocycles. The Morgan fingerprint density at radius 2 is 2.11 bits per heavy atom. The van der Waals surface area contributed by atoms with Crippen LogP contribution in [-0.4, -0.2) is 17.2 Å². The predicted molar refractivity (Wildman–Crippen MR) is 73.7 cm³/mol. The number of aliphatic hydroxyl groups is 1. The summed E-state index contributed by atoms with van der Waals surface area (Å²) in [5.74, 6) is 1.60. The second-order valence-electron chi connectivity index (χ2n) is 4.54. The van der Waals surface area contributed by atoms with Crippen LogP contribution in [0.15, 0.2) is 34.9 Å². The molecule has 1 aliphatic rings. The van der Waals surface area contributed by atoms with Crippen LogP contribution >= 0.6 is 15.9 Å². The summed E-state index contributed by atoms with van der Waals surface area (Å²) < 4.78 is 11.8.